The van der Waals surface area contributed by atoms with Gasteiger partial charge in [-0.25, -0.2) is 0 Å². The van der Waals surface area contributed by atoms with Gasteiger partial charge in [-0.2, -0.15) is 0 Å². The van der Waals surface area contributed by atoms with Crippen LogP contribution in [0.15, 0.2) is 60.7 Å². The largest absolute Gasteiger partial charge is 0.496 e. The summed E-state index contributed by atoms with van der Waals surface area (Å²) in [4.78, 5) is 12.0. The number of aryl methyl sites for hydroxylation is 1. The molecule has 2 aromatic carbocycles. The second kappa shape index (κ2) is 8.12. The molecule has 0 spiro atoms. The van der Waals surface area contributed by atoms with Crippen molar-refractivity contribution in [3.05, 3.63) is 77.5 Å². The zero-order chi connectivity index (χ0) is 19.4. The number of hydrogen-bond donors (Lipinski definition) is 1. The van der Waals surface area contributed by atoms with Crippen molar-refractivity contribution in [3.63, 3.8) is 0 Å². The molecule has 0 radical (unpaired) electrons. The maximum atomic E-state index is 12.0. The van der Waals surface area contributed by atoms with Gasteiger partial charge < -0.3 is 15.0 Å². The minimum atomic E-state index is -0.405. The first-order valence-electron chi connectivity index (χ1n) is 9.22. The van der Waals surface area contributed by atoms with Crippen molar-refractivity contribution in [3.8, 4) is 17.0 Å². The molecule has 0 fully saturated rings. The van der Waals surface area contributed by atoms with E-state index in [1.54, 1.807) is 7.11 Å². The predicted molar refractivity (Wildman–Crippen MR) is 109 cm³/mol. The van der Waals surface area contributed by atoms with Crippen molar-refractivity contribution in [2.45, 2.75) is 32.7 Å². The van der Waals surface area contributed by atoms with Crippen molar-refractivity contribution in [1.29, 1.82) is 0 Å². The Morgan fingerprint density at radius 3 is 2.44 bits per heavy atom. The second-order valence-corrected chi connectivity index (χ2v) is 6.84. The molecule has 0 bridgehead atoms. The van der Waals surface area contributed by atoms with Crippen molar-refractivity contribution < 1.29 is 9.53 Å². The SMILES string of the molecule is COc1ccccc1-c1cc(C(N)=O)c(C)n1C(C)CCc1ccccc1. The molecular formula is C23H26N2O2. The Bertz CT molecular complexity index is 929. The van der Waals surface area contributed by atoms with Gasteiger partial charge >= 0.3 is 0 Å². The van der Waals surface area contributed by atoms with Crippen LogP contribution in [0, 0.1) is 6.92 Å². The van der Waals surface area contributed by atoms with Gasteiger partial charge in [-0.1, -0.05) is 42.5 Å². The van der Waals surface area contributed by atoms with Gasteiger partial charge in [0, 0.05) is 17.3 Å². The molecule has 4 nitrogen and oxygen atoms in total. The smallest absolute Gasteiger partial charge is 0.250 e. The summed E-state index contributed by atoms with van der Waals surface area (Å²) in [6.07, 6.45) is 1.93. The van der Waals surface area contributed by atoms with Crippen molar-refractivity contribution in [1.82, 2.24) is 4.57 Å². The lowest BCUT2D eigenvalue weighted by Gasteiger charge is -2.21. The van der Waals surface area contributed by atoms with Crippen molar-refractivity contribution in [2.24, 2.45) is 5.73 Å². The Labute approximate surface area is 160 Å². The van der Waals surface area contributed by atoms with Gasteiger partial charge in [-0.15, -0.1) is 0 Å². The fourth-order valence-electron chi connectivity index (χ4n) is 3.65. The highest BCUT2D eigenvalue weighted by atomic mass is 16.5. The Morgan fingerprint density at radius 1 is 1.11 bits per heavy atom. The molecule has 1 amide bonds. The van der Waals surface area contributed by atoms with Crippen LogP contribution in [0.3, 0.4) is 0 Å². The average Bonchev–Trinajstić information content (AvgIpc) is 3.04. The van der Waals surface area contributed by atoms with Crippen molar-refractivity contribution >= 4 is 5.91 Å². The highest BCUT2D eigenvalue weighted by Gasteiger charge is 2.21. The van der Waals surface area contributed by atoms with Gasteiger partial charge in [0.05, 0.1) is 18.4 Å². The molecule has 0 saturated heterocycles. The molecule has 2 N–H and O–H groups in total. The predicted octanol–water partition coefficient (Wildman–Crippen LogP) is 4.76. The Hall–Kier alpha value is -3.01. The maximum absolute atomic E-state index is 12.0. The second-order valence-electron chi connectivity index (χ2n) is 6.84. The van der Waals surface area contributed by atoms with E-state index in [2.05, 4.69) is 35.8 Å². The molecule has 1 heterocycles. The quantitative estimate of drug-likeness (QED) is 0.658. The number of benzene rings is 2. The molecule has 1 aromatic heterocycles. The fourth-order valence-corrected chi connectivity index (χ4v) is 3.65. The Kier molecular flexibility index (Phi) is 5.65. The number of ether oxygens (including phenoxy) is 1. The summed E-state index contributed by atoms with van der Waals surface area (Å²) in [5.74, 6) is 0.375. The van der Waals surface area contributed by atoms with E-state index in [0.717, 1.165) is 35.5 Å². The lowest BCUT2D eigenvalue weighted by atomic mass is 10.0. The number of para-hydroxylation sites is 1. The monoisotopic (exact) mass is 362 g/mol. The molecule has 0 aliphatic rings. The molecule has 4 heteroatoms. The summed E-state index contributed by atoms with van der Waals surface area (Å²) in [5, 5.41) is 0. The van der Waals surface area contributed by atoms with Crippen molar-refractivity contribution in [2.75, 3.05) is 7.11 Å². The van der Waals surface area contributed by atoms with Gasteiger partial charge in [-0.3, -0.25) is 4.79 Å². The molecule has 0 aliphatic carbocycles. The molecule has 0 saturated carbocycles. The highest BCUT2D eigenvalue weighted by molar-refractivity contribution is 5.96. The standard InChI is InChI=1S/C23H26N2O2/c1-16(13-14-18-9-5-4-6-10-18)25-17(2)20(23(24)26)15-21(25)19-11-7-8-12-22(19)27-3/h4-12,15-16H,13-14H2,1-3H3,(H2,24,26). The van der Waals surface area contributed by atoms with E-state index in [4.69, 9.17) is 10.5 Å². The fraction of sp³-hybridized carbons (Fsp3) is 0.261. The number of primary amides is 1. The third kappa shape index (κ3) is 3.90. The number of carbonyl (C=O) groups excluding carboxylic acids is 1. The molecule has 27 heavy (non-hydrogen) atoms. The number of hydrogen-bond acceptors (Lipinski definition) is 2. The molecule has 1 atom stereocenters. The molecule has 3 aromatic rings. The number of amides is 1. The Morgan fingerprint density at radius 2 is 1.78 bits per heavy atom. The number of carbonyl (C=O) groups is 1. The number of methoxy groups -OCH3 is 1. The lowest BCUT2D eigenvalue weighted by molar-refractivity contribution is 0.0999. The van der Waals surface area contributed by atoms with Gasteiger partial charge in [0.2, 0.25) is 0 Å². The van der Waals surface area contributed by atoms with E-state index < -0.39 is 5.91 Å². The lowest BCUT2D eigenvalue weighted by Crippen LogP contribution is -2.14. The van der Waals surface area contributed by atoms with E-state index in [1.165, 1.54) is 5.56 Å². The number of nitrogens with two attached hydrogens (primary N) is 1. The van der Waals surface area contributed by atoms with E-state index >= 15 is 0 Å². The first-order valence-corrected chi connectivity index (χ1v) is 9.22. The van der Waals surface area contributed by atoms with Gasteiger partial charge in [0.25, 0.3) is 5.91 Å². The van der Waals surface area contributed by atoms with Gasteiger partial charge in [0.1, 0.15) is 5.75 Å². The van der Waals surface area contributed by atoms with Gasteiger partial charge in [0.15, 0.2) is 0 Å². The van der Waals surface area contributed by atoms with Crippen LogP contribution in [0.1, 0.15) is 41.0 Å². The Balaban J connectivity index is 2.01. The average molecular weight is 362 g/mol. The minimum absolute atomic E-state index is 0.207. The maximum Gasteiger partial charge on any atom is 0.250 e. The molecule has 140 valence electrons. The number of nitrogens with zero attached hydrogens (tertiary/aromatic N) is 1. The summed E-state index contributed by atoms with van der Waals surface area (Å²) in [6.45, 7) is 4.14. The van der Waals surface area contributed by atoms with Crippen LogP contribution < -0.4 is 10.5 Å². The van der Waals surface area contributed by atoms with Crippen LogP contribution in [-0.2, 0) is 6.42 Å². The summed E-state index contributed by atoms with van der Waals surface area (Å²) < 4.78 is 7.75. The number of rotatable bonds is 7. The zero-order valence-corrected chi connectivity index (χ0v) is 16.1. The molecule has 1 unspecified atom stereocenters. The van der Waals surface area contributed by atoms with E-state index in [1.807, 2.05) is 43.3 Å². The summed E-state index contributed by atoms with van der Waals surface area (Å²) in [6, 6.07) is 20.4. The third-order valence-corrected chi connectivity index (χ3v) is 5.07. The minimum Gasteiger partial charge on any atom is -0.496 e. The molecular weight excluding hydrogens is 336 g/mol. The van der Waals surface area contributed by atoms with E-state index in [9.17, 15) is 4.79 Å². The highest BCUT2D eigenvalue weighted by Crippen LogP contribution is 2.35. The summed E-state index contributed by atoms with van der Waals surface area (Å²) in [5.41, 5.74) is 10.3. The zero-order valence-electron chi connectivity index (χ0n) is 16.1. The molecule has 3 rings (SSSR count). The van der Waals surface area contributed by atoms with Crippen LogP contribution >= 0.6 is 0 Å². The van der Waals surface area contributed by atoms with Crippen LogP contribution in [-0.4, -0.2) is 17.6 Å². The molecule has 0 aliphatic heterocycles. The third-order valence-electron chi connectivity index (χ3n) is 5.07. The summed E-state index contributed by atoms with van der Waals surface area (Å²) in [7, 11) is 1.66. The van der Waals surface area contributed by atoms with E-state index in [-0.39, 0.29) is 6.04 Å². The van der Waals surface area contributed by atoms with Crippen LogP contribution in [0.4, 0.5) is 0 Å². The first-order chi connectivity index (χ1) is 13.0. The van der Waals surface area contributed by atoms with Crippen LogP contribution in [0.2, 0.25) is 0 Å². The summed E-state index contributed by atoms with van der Waals surface area (Å²) >= 11 is 0. The van der Waals surface area contributed by atoms with E-state index in [0.29, 0.717) is 5.56 Å². The normalized spacial score (nSPS) is 12.0. The number of aromatic nitrogens is 1. The van der Waals surface area contributed by atoms with Gasteiger partial charge in [-0.05, 0) is 50.5 Å². The van der Waals surface area contributed by atoms with Crippen LogP contribution in [0.25, 0.3) is 11.3 Å². The van der Waals surface area contributed by atoms with Crippen LogP contribution in [0.5, 0.6) is 5.75 Å². The first kappa shape index (κ1) is 18.8. The topological polar surface area (TPSA) is 57.2 Å².